The lowest BCUT2D eigenvalue weighted by Gasteiger charge is -2.17. The molecule has 0 heterocycles. The van der Waals surface area contributed by atoms with Crippen LogP contribution in [0.4, 0.5) is 0 Å². The van der Waals surface area contributed by atoms with Crippen molar-refractivity contribution in [2.75, 3.05) is 7.05 Å². The van der Waals surface area contributed by atoms with Crippen molar-refractivity contribution < 1.29 is 4.74 Å². The maximum atomic E-state index is 6.11. The Kier molecular flexibility index (Phi) is 5.71. The van der Waals surface area contributed by atoms with Gasteiger partial charge >= 0.3 is 0 Å². The Hall–Kier alpha value is -1.02. The van der Waals surface area contributed by atoms with Gasteiger partial charge in [-0.3, -0.25) is 0 Å². The van der Waals surface area contributed by atoms with Crippen molar-refractivity contribution in [3.63, 3.8) is 0 Å². The zero-order valence-electron chi connectivity index (χ0n) is 12.3. The van der Waals surface area contributed by atoms with Crippen LogP contribution in [-0.4, -0.2) is 19.2 Å². The summed E-state index contributed by atoms with van der Waals surface area (Å²) in [5.41, 5.74) is 1.37. The van der Waals surface area contributed by atoms with Crippen molar-refractivity contribution in [1.29, 1.82) is 0 Å². The van der Waals surface area contributed by atoms with Gasteiger partial charge < -0.3 is 10.1 Å². The van der Waals surface area contributed by atoms with Gasteiger partial charge in [-0.25, -0.2) is 0 Å². The second kappa shape index (κ2) is 7.54. The van der Waals surface area contributed by atoms with Crippen molar-refractivity contribution in [3.8, 4) is 5.75 Å². The predicted molar refractivity (Wildman–Crippen MR) is 80.8 cm³/mol. The number of nitrogens with one attached hydrogen (secondary N) is 1. The highest BCUT2D eigenvalue weighted by molar-refractivity contribution is 5.28. The summed E-state index contributed by atoms with van der Waals surface area (Å²) in [6.45, 7) is 2.20. The van der Waals surface area contributed by atoms with E-state index in [0.29, 0.717) is 12.1 Å². The molecule has 2 rings (SSSR count). The van der Waals surface area contributed by atoms with E-state index in [1.165, 1.54) is 44.1 Å². The van der Waals surface area contributed by atoms with Gasteiger partial charge in [-0.1, -0.05) is 25.0 Å². The van der Waals surface area contributed by atoms with Crippen molar-refractivity contribution in [3.05, 3.63) is 29.8 Å². The zero-order valence-corrected chi connectivity index (χ0v) is 12.3. The topological polar surface area (TPSA) is 21.3 Å². The van der Waals surface area contributed by atoms with E-state index >= 15 is 0 Å². The standard InChI is InChI=1S/C17H27NO/c1-14(18-2)13-15-9-11-17(12-10-15)19-16-7-5-3-4-6-8-16/h9-12,14,16,18H,3-8,13H2,1-2H3. The van der Waals surface area contributed by atoms with Crippen molar-refractivity contribution in [1.82, 2.24) is 5.32 Å². The van der Waals surface area contributed by atoms with Gasteiger partial charge in [0.25, 0.3) is 0 Å². The summed E-state index contributed by atoms with van der Waals surface area (Å²) >= 11 is 0. The number of ether oxygens (including phenoxy) is 1. The fourth-order valence-electron chi connectivity index (χ4n) is 2.71. The van der Waals surface area contributed by atoms with E-state index in [0.717, 1.165) is 12.2 Å². The molecule has 0 aromatic heterocycles. The Labute approximate surface area is 117 Å². The van der Waals surface area contributed by atoms with E-state index in [4.69, 9.17) is 4.74 Å². The minimum atomic E-state index is 0.435. The van der Waals surface area contributed by atoms with Gasteiger partial charge in [-0.15, -0.1) is 0 Å². The summed E-state index contributed by atoms with van der Waals surface area (Å²) in [6.07, 6.45) is 9.34. The normalized spacial score (nSPS) is 18.8. The summed E-state index contributed by atoms with van der Waals surface area (Å²) in [4.78, 5) is 0. The second-order valence-electron chi connectivity index (χ2n) is 5.77. The molecule has 2 heteroatoms. The lowest BCUT2D eigenvalue weighted by molar-refractivity contribution is 0.183. The number of benzene rings is 1. The fourth-order valence-corrected chi connectivity index (χ4v) is 2.71. The van der Waals surface area contributed by atoms with Gasteiger partial charge in [0.1, 0.15) is 5.75 Å². The summed E-state index contributed by atoms with van der Waals surface area (Å²) in [5, 5.41) is 3.27. The number of likely N-dealkylation sites (N-methyl/N-ethyl adjacent to an activating group) is 1. The van der Waals surface area contributed by atoms with Gasteiger partial charge in [0.05, 0.1) is 6.10 Å². The largest absolute Gasteiger partial charge is 0.490 e. The molecule has 2 nitrogen and oxygen atoms in total. The van der Waals surface area contributed by atoms with Crippen molar-refractivity contribution >= 4 is 0 Å². The molecule has 1 aliphatic carbocycles. The molecule has 0 aliphatic heterocycles. The third kappa shape index (κ3) is 4.87. The molecule has 0 saturated heterocycles. The quantitative estimate of drug-likeness (QED) is 0.811. The fraction of sp³-hybridized carbons (Fsp3) is 0.647. The SMILES string of the molecule is CNC(C)Cc1ccc(OC2CCCCCC2)cc1. The molecule has 1 aromatic rings. The Morgan fingerprint density at radius 1 is 1.11 bits per heavy atom. The molecule has 1 aliphatic rings. The molecule has 0 radical (unpaired) electrons. The number of hydrogen-bond donors (Lipinski definition) is 1. The van der Waals surface area contributed by atoms with Crippen LogP contribution in [-0.2, 0) is 6.42 Å². The molecule has 106 valence electrons. The molecule has 0 amide bonds. The van der Waals surface area contributed by atoms with Crippen LogP contribution < -0.4 is 10.1 Å². The Morgan fingerprint density at radius 2 is 1.74 bits per heavy atom. The van der Waals surface area contributed by atoms with E-state index in [2.05, 4.69) is 36.5 Å². The molecular formula is C17H27NO. The van der Waals surface area contributed by atoms with E-state index in [1.807, 2.05) is 7.05 Å². The molecule has 1 fully saturated rings. The molecule has 19 heavy (non-hydrogen) atoms. The molecule has 0 bridgehead atoms. The number of rotatable bonds is 5. The smallest absolute Gasteiger partial charge is 0.119 e. The van der Waals surface area contributed by atoms with Gasteiger partial charge in [0.2, 0.25) is 0 Å². The van der Waals surface area contributed by atoms with Crippen LogP contribution in [0.1, 0.15) is 51.0 Å². The van der Waals surface area contributed by atoms with Crippen LogP contribution in [0, 0.1) is 0 Å². The first kappa shape index (κ1) is 14.4. The first-order chi connectivity index (χ1) is 9.28. The van der Waals surface area contributed by atoms with Crippen LogP contribution in [0.3, 0.4) is 0 Å². The van der Waals surface area contributed by atoms with Gasteiger partial charge in [0, 0.05) is 6.04 Å². The highest BCUT2D eigenvalue weighted by atomic mass is 16.5. The highest BCUT2D eigenvalue weighted by Gasteiger charge is 2.13. The third-order valence-corrected chi connectivity index (χ3v) is 4.06. The second-order valence-corrected chi connectivity index (χ2v) is 5.77. The average molecular weight is 261 g/mol. The van der Waals surface area contributed by atoms with Crippen LogP contribution in [0.5, 0.6) is 5.75 Å². The molecule has 1 aromatic carbocycles. The van der Waals surface area contributed by atoms with E-state index in [1.54, 1.807) is 0 Å². The minimum Gasteiger partial charge on any atom is -0.490 e. The minimum absolute atomic E-state index is 0.435. The number of hydrogen-bond acceptors (Lipinski definition) is 2. The highest BCUT2D eigenvalue weighted by Crippen LogP contribution is 2.23. The maximum absolute atomic E-state index is 6.11. The first-order valence-electron chi connectivity index (χ1n) is 7.71. The van der Waals surface area contributed by atoms with Gasteiger partial charge in [0.15, 0.2) is 0 Å². The van der Waals surface area contributed by atoms with Crippen LogP contribution in [0.2, 0.25) is 0 Å². The van der Waals surface area contributed by atoms with Crippen LogP contribution in [0.15, 0.2) is 24.3 Å². The summed E-state index contributed by atoms with van der Waals surface area (Å²) in [7, 11) is 2.01. The molecule has 0 spiro atoms. The molecule has 1 N–H and O–H groups in total. The Bertz CT molecular complexity index is 352. The average Bonchev–Trinajstić information content (AvgIpc) is 2.69. The maximum Gasteiger partial charge on any atom is 0.119 e. The van der Waals surface area contributed by atoms with Gasteiger partial charge in [-0.05, 0) is 63.8 Å². The van der Waals surface area contributed by atoms with Crippen molar-refractivity contribution in [2.45, 2.75) is 64.0 Å². The zero-order chi connectivity index (χ0) is 13.5. The summed E-state index contributed by atoms with van der Waals surface area (Å²) in [6, 6.07) is 9.17. The summed E-state index contributed by atoms with van der Waals surface area (Å²) in [5.74, 6) is 1.03. The molecular weight excluding hydrogens is 234 g/mol. The van der Waals surface area contributed by atoms with E-state index in [9.17, 15) is 0 Å². The Morgan fingerprint density at radius 3 is 2.32 bits per heavy atom. The van der Waals surface area contributed by atoms with Crippen LogP contribution in [0.25, 0.3) is 0 Å². The lowest BCUT2D eigenvalue weighted by atomic mass is 10.1. The van der Waals surface area contributed by atoms with Crippen LogP contribution >= 0.6 is 0 Å². The van der Waals surface area contributed by atoms with E-state index < -0.39 is 0 Å². The molecule has 1 saturated carbocycles. The first-order valence-corrected chi connectivity index (χ1v) is 7.71. The Balaban J connectivity index is 1.87. The lowest BCUT2D eigenvalue weighted by Crippen LogP contribution is -2.23. The predicted octanol–water partition coefficient (Wildman–Crippen LogP) is 3.94. The molecule has 1 unspecified atom stereocenters. The molecule has 1 atom stereocenters. The van der Waals surface area contributed by atoms with Crippen molar-refractivity contribution in [2.24, 2.45) is 0 Å². The monoisotopic (exact) mass is 261 g/mol. The summed E-state index contributed by atoms with van der Waals surface area (Å²) < 4.78 is 6.11. The van der Waals surface area contributed by atoms with E-state index in [-0.39, 0.29) is 0 Å². The van der Waals surface area contributed by atoms with Gasteiger partial charge in [-0.2, -0.15) is 0 Å². The third-order valence-electron chi connectivity index (χ3n) is 4.06.